The van der Waals surface area contributed by atoms with Crippen LogP contribution in [0, 0.1) is 5.41 Å². The van der Waals surface area contributed by atoms with Gasteiger partial charge in [0.25, 0.3) is 0 Å². The molecule has 2 fully saturated rings. The molecule has 1 aliphatic heterocycles. The Hall–Kier alpha value is -0.120. The second-order valence-corrected chi connectivity index (χ2v) is 7.01. The summed E-state index contributed by atoms with van der Waals surface area (Å²) >= 11 is 0. The number of aliphatic hydroxyl groups is 1. The third-order valence-electron chi connectivity index (χ3n) is 4.71. The van der Waals surface area contributed by atoms with Gasteiger partial charge in [-0.05, 0) is 50.4 Å². The minimum absolute atomic E-state index is 0.419. The van der Waals surface area contributed by atoms with Crippen LogP contribution in [0.5, 0.6) is 0 Å². The molecule has 2 aliphatic rings. The van der Waals surface area contributed by atoms with Gasteiger partial charge in [0.05, 0.1) is 5.60 Å². The monoisotopic (exact) mass is 255 g/mol. The van der Waals surface area contributed by atoms with Crippen molar-refractivity contribution in [2.75, 3.05) is 19.8 Å². The Morgan fingerprint density at radius 3 is 2.56 bits per heavy atom. The highest BCUT2D eigenvalue weighted by Gasteiger charge is 2.36. The lowest BCUT2D eigenvalue weighted by Gasteiger charge is -2.41. The second-order valence-electron chi connectivity index (χ2n) is 7.01. The highest BCUT2D eigenvalue weighted by Crippen LogP contribution is 2.39. The van der Waals surface area contributed by atoms with Gasteiger partial charge in [0, 0.05) is 25.8 Å². The Bertz CT molecular complexity index is 247. The molecule has 1 unspecified atom stereocenters. The fourth-order valence-corrected chi connectivity index (χ4v) is 3.01. The van der Waals surface area contributed by atoms with Gasteiger partial charge in [-0.2, -0.15) is 0 Å². The molecule has 3 heteroatoms. The highest BCUT2D eigenvalue weighted by atomic mass is 16.5. The standard InChI is InChI=1S/C15H29NO2/c1-14(2)6-8-15(17,9-7-14)12-16-13-4-3-10-18-11-5-13/h13,16-17H,3-12H2,1-2H3. The summed E-state index contributed by atoms with van der Waals surface area (Å²) in [6.07, 6.45) is 7.57. The maximum Gasteiger partial charge on any atom is 0.0772 e. The summed E-state index contributed by atoms with van der Waals surface area (Å²) in [5.41, 5.74) is -0.0505. The Labute approximate surface area is 111 Å². The number of hydrogen-bond acceptors (Lipinski definition) is 3. The van der Waals surface area contributed by atoms with Crippen LogP contribution < -0.4 is 5.32 Å². The number of nitrogens with one attached hydrogen (secondary N) is 1. The molecule has 0 bridgehead atoms. The van der Waals surface area contributed by atoms with Crippen molar-refractivity contribution >= 4 is 0 Å². The molecular weight excluding hydrogens is 226 g/mol. The third kappa shape index (κ3) is 4.22. The molecule has 0 aromatic heterocycles. The average molecular weight is 255 g/mol. The Kier molecular flexibility index (Phi) is 4.68. The first kappa shape index (κ1) is 14.3. The first-order valence-electron chi connectivity index (χ1n) is 7.53. The predicted molar refractivity (Wildman–Crippen MR) is 73.7 cm³/mol. The van der Waals surface area contributed by atoms with Crippen LogP contribution in [-0.4, -0.2) is 36.5 Å². The summed E-state index contributed by atoms with van der Waals surface area (Å²) in [4.78, 5) is 0. The van der Waals surface area contributed by atoms with Crippen LogP contribution in [0.25, 0.3) is 0 Å². The van der Waals surface area contributed by atoms with Crippen molar-refractivity contribution in [2.45, 2.75) is 70.4 Å². The molecule has 2 N–H and O–H groups in total. The quantitative estimate of drug-likeness (QED) is 0.814. The SMILES string of the molecule is CC1(C)CCC(O)(CNC2CCCOCC2)CC1. The zero-order chi connectivity index (χ0) is 13.1. The van der Waals surface area contributed by atoms with E-state index in [0.29, 0.717) is 11.5 Å². The Morgan fingerprint density at radius 1 is 1.11 bits per heavy atom. The van der Waals surface area contributed by atoms with Crippen molar-refractivity contribution in [2.24, 2.45) is 5.41 Å². The summed E-state index contributed by atoms with van der Waals surface area (Å²) in [5, 5.41) is 14.2. The van der Waals surface area contributed by atoms with E-state index >= 15 is 0 Å². The zero-order valence-corrected chi connectivity index (χ0v) is 12.0. The largest absolute Gasteiger partial charge is 0.389 e. The van der Waals surface area contributed by atoms with Gasteiger partial charge in [-0.3, -0.25) is 0 Å². The van der Waals surface area contributed by atoms with Gasteiger partial charge in [-0.1, -0.05) is 13.8 Å². The lowest BCUT2D eigenvalue weighted by Crippen LogP contribution is -2.47. The summed E-state index contributed by atoms with van der Waals surface area (Å²) in [7, 11) is 0. The molecule has 0 aromatic rings. The molecule has 0 aromatic carbocycles. The van der Waals surface area contributed by atoms with Gasteiger partial charge in [0.2, 0.25) is 0 Å². The molecular formula is C15H29NO2. The van der Waals surface area contributed by atoms with E-state index in [9.17, 15) is 5.11 Å². The van der Waals surface area contributed by atoms with Crippen LogP contribution in [0.1, 0.15) is 58.8 Å². The smallest absolute Gasteiger partial charge is 0.0772 e. The number of ether oxygens (including phenoxy) is 1. The first-order valence-corrected chi connectivity index (χ1v) is 7.53. The van der Waals surface area contributed by atoms with Gasteiger partial charge in [-0.15, -0.1) is 0 Å². The molecule has 0 radical (unpaired) electrons. The second kappa shape index (κ2) is 5.89. The van der Waals surface area contributed by atoms with E-state index in [2.05, 4.69) is 19.2 Å². The molecule has 1 saturated carbocycles. The van der Waals surface area contributed by atoms with Crippen molar-refractivity contribution in [3.8, 4) is 0 Å². The van der Waals surface area contributed by atoms with Gasteiger partial charge in [0.1, 0.15) is 0 Å². The molecule has 18 heavy (non-hydrogen) atoms. The van der Waals surface area contributed by atoms with Crippen LogP contribution in [0.15, 0.2) is 0 Å². The molecule has 106 valence electrons. The van der Waals surface area contributed by atoms with Crippen molar-refractivity contribution in [3.63, 3.8) is 0 Å². The molecule has 0 spiro atoms. The minimum atomic E-state index is -0.470. The molecule has 1 atom stereocenters. The maximum absolute atomic E-state index is 10.6. The molecule has 0 amide bonds. The summed E-state index contributed by atoms with van der Waals surface area (Å²) in [5.74, 6) is 0. The van der Waals surface area contributed by atoms with E-state index in [1.54, 1.807) is 0 Å². The average Bonchev–Trinajstić information content (AvgIpc) is 2.60. The fraction of sp³-hybridized carbons (Fsp3) is 1.00. The molecule has 1 heterocycles. The molecule has 2 rings (SSSR count). The topological polar surface area (TPSA) is 41.5 Å². The molecule has 1 saturated heterocycles. The number of hydrogen-bond donors (Lipinski definition) is 2. The predicted octanol–water partition coefficient (Wildman–Crippen LogP) is 2.48. The summed E-state index contributed by atoms with van der Waals surface area (Å²) in [6, 6.07) is 0.534. The van der Waals surface area contributed by atoms with Crippen molar-refractivity contribution in [1.29, 1.82) is 0 Å². The highest BCUT2D eigenvalue weighted by molar-refractivity contribution is 4.91. The normalized spacial score (nSPS) is 31.8. The van der Waals surface area contributed by atoms with Crippen LogP contribution in [0.3, 0.4) is 0 Å². The van der Waals surface area contributed by atoms with Gasteiger partial charge in [0.15, 0.2) is 0 Å². The van der Waals surface area contributed by atoms with E-state index in [1.165, 1.54) is 6.42 Å². The van der Waals surface area contributed by atoms with Crippen LogP contribution in [-0.2, 0) is 4.74 Å². The first-order chi connectivity index (χ1) is 8.49. The summed E-state index contributed by atoms with van der Waals surface area (Å²) in [6.45, 7) is 7.14. The van der Waals surface area contributed by atoms with Crippen LogP contribution in [0.4, 0.5) is 0 Å². The van der Waals surface area contributed by atoms with E-state index in [4.69, 9.17) is 4.74 Å². The van der Waals surface area contributed by atoms with E-state index in [0.717, 1.165) is 58.3 Å². The van der Waals surface area contributed by atoms with Gasteiger partial charge in [-0.25, -0.2) is 0 Å². The minimum Gasteiger partial charge on any atom is -0.389 e. The van der Waals surface area contributed by atoms with Crippen molar-refractivity contribution in [1.82, 2.24) is 5.32 Å². The Morgan fingerprint density at radius 2 is 1.83 bits per heavy atom. The van der Waals surface area contributed by atoms with E-state index in [-0.39, 0.29) is 0 Å². The van der Waals surface area contributed by atoms with E-state index < -0.39 is 5.60 Å². The molecule has 1 aliphatic carbocycles. The number of rotatable bonds is 3. The molecule has 3 nitrogen and oxygen atoms in total. The lowest BCUT2D eigenvalue weighted by molar-refractivity contribution is -0.0264. The zero-order valence-electron chi connectivity index (χ0n) is 12.0. The van der Waals surface area contributed by atoms with Gasteiger partial charge < -0.3 is 15.2 Å². The van der Waals surface area contributed by atoms with Crippen molar-refractivity contribution < 1.29 is 9.84 Å². The fourth-order valence-electron chi connectivity index (χ4n) is 3.01. The Balaban J connectivity index is 1.75. The summed E-state index contributed by atoms with van der Waals surface area (Å²) < 4.78 is 5.47. The van der Waals surface area contributed by atoms with E-state index in [1.807, 2.05) is 0 Å². The van der Waals surface area contributed by atoms with Crippen molar-refractivity contribution in [3.05, 3.63) is 0 Å². The van der Waals surface area contributed by atoms with Crippen LogP contribution >= 0.6 is 0 Å². The third-order valence-corrected chi connectivity index (χ3v) is 4.71. The van der Waals surface area contributed by atoms with Crippen LogP contribution in [0.2, 0.25) is 0 Å². The maximum atomic E-state index is 10.6. The lowest BCUT2D eigenvalue weighted by atomic mass is 9.71. The van der Waals surface area contributed by atoms with Gasteiger partial charge >= 0.3 is 0 Å².